The van der Waals surface area contributed by atoms with Crippen molar-refractivity contribution in [1.29, 1.82) is 0 Å². The van der Waals surface area contributed by atoms with Gasteiger partial charge in [0.05, 0.1) is 41.7 Å². The third-order valence-corrected chi connectivity index (χ3v) is 5.10. The number of aryl methyl sites for hydroxylation is 1. The second kappa shape index (κ2) is 9.36. The van der Waals surface area contributed by atoms with E-state index in [0.29, 0.717) is 51.7 Å². The van der Waals surface area contributed by atoms with Crippen LogP contribution in [0.2, 0.25) is 0 Å². The van der Waals surface area contributed by atoms with Gasteiger partial charge in [-0.1, -0.05) is 18.2 Å². The molecule has 0 aliphatic heterocycles. The van der Waals surface area contributed by atoms with Crippen molar-refractivity contribution in [1.82, 2.24) is 19.7 Å². The first kappa shape index (κ1) is 22.4. The number of nitrogens with one attached hydrogen (secondary N) is 1. The lowest BCUT2D eigenvalue weighted by Gasteiger charge is -2.14. The van der Waals surface area contributed by atoms with Crippen LogP contribution in [0.5, 0.6) is 11.5 Å². The van der Waals surface area contributed by atoms with Crippen molar-refractivity contribution in [2.45, 2.75) is 6.92 Å². The van der Waals surface area contributed by atoms with E-state index in [0.717, 1.165) is 0 Å². The number of rotatable bonds is 8. The lowest BCUT2D eigenvalue weighted by Crippen LogP contribution is -2.05. The summed E-state index contributed by atoms with van der Waals surface area (Å²) in [7, 11) is 2.96. The van der Waals surface area contributed by atoms with Gasteiger partial charge in [0.25, 0.3) is 5.69 Å². The predicted octanol–water partition coefficient (Wildman–Crippen LogP) is 4.12. The normalized spacial score (nSPS) is 10.6. The van der Waals surface area contributed by atoms with Crippen LogP contribution in [-0.4, -0.2) is 45.2 Å². The Morgan fingerprint density at radius 2 is 1.85 bits per heavy atom. The van der Waals surface area contributed by atoms with Crippen molar-refractivity contribution in [3.63, 3.8) is 0 Å². The number of hydrogen-bond acceptors (Lipinski definition) is 9. The van der Waals surface area contributed by atoms with E-state index in [4.69, 9.17) is 9.47 Å². The molecular formula is C23H20N6O5. The standard InChI is InChI=1S/C23H20N6O5/c1-14-15(13-30)12-28(27-14)22-8-9-24-23(26-22)25-18-11-19(29(31)32)17(10-21(18)34-3)16-6-4-5-7-20(16)33-2/h4-13H,1-3H3,(H,24,25,26). The van der Waals surface area contributed by atoms with Crippen LogP contribution < -0.4 is 14.8 Å². The van der Waals surface area contributed by atoms with Crippen LogP contribution in [0.1, 0.15) is 16.1 Å². The van der Waals surface area contributed by atoms with Crippen molar-refractivity contribution in [3.8, 4) is 28.4 Å². The van der Waals surface area contributed by atoms with Crippen LogP contribution in [-0.2, 0) is 0 Å². The Balaban J connectivity index is 1.76. The summed E-state index contributed by atoms with van der Waals surface area (Å²) in [5, 5.41) is 19.2. The third kappa shape index (κ3) is 4.26. The number of carbonyl (C=O) groups is 1. The minimum atomic E-state index is -0.475. The number of para-hydroxylation sites is 1. The van der Waals surface area contributed by atoms with E-state index in [1.165, 1.54) is 31.2 Å². The predicted molar refractivity (Wildman–Crippen MR) is 124 cm³/mol. The maximum atomic E-state index is 11.9. The molecule has 0 bridgehead atoms. The molecule has 2 heterocycles. The lowest BCUT2D eigenvalue weighted by molar-refractivity contribution is -0.384. The zero-order valence-corrected chi connectivity index (χ0v) is 18.6. The van der Waals surface area contributed by atoms with Crippen LogP contribution in [0.25, 0.3) is 16.9 Å². The van der Waals surface area contributed by atoms with Gasteiger partial charge in [-0.25, -0.2) is 9.67 Å². The number of nitrogens with zero attached hydrogens (tertiary/aromatic N) is 5. The molecule has 172 valence electrons. The Morgan fingerprint density at radius 3 is 2.53 bits per heavy atom. The van der Waals surface area contributed by atoms with E-state index < -0.39 is 4.92 Å². The molecule has 2 aromatic carbocycles. The molecule has 4 aromatic rings. The molecule has 1 N–H and O–H groups in total. The number of ether oxygens (including phenoxy) is 2. The largest absolute Gasteiger partial charge is 0.496 e. The smallest absolute Gasteiger partial charge is 0.279 e. The van der Waals surface area contributed by atoms with Gasteiger partial charge in [-0.05, 0) is 19.1 Å². The molecule has 0 radical (unpaired) electrons. The van der Waals surface area contributed by atoms with Gasteiger partial charge in [-0.3, -0.25) is 14.9 Å². The minimum absolute atomic E-state index is 0.151. The molecule has 0 atom stereocenters. The Labute approximate surface area is 194 Å². The van der Waals surface area contributed by atoms with Gasteiger partial charge in [0.15, 0.2) is 12.1 Å². The topological polar surface area (TPSA) is 134 Å². The highest BCUT2D eigenvalue weighted by atomic mass is 16.6. The van der Waals surface area contributed by atoms with Crippen molar-refractivity contribution < 1.29 is 19.2 Å². The summed E-state index contributed by atoms with van der Waals surface area (Å²) in [5.41, 5.74) is 2.05. The van der Waals surface area contributed by atoms with Gasteiger partial charge < -0.3 is 14.8 Å². The SMILES string of the molecule is COc1cc(-c2ccccc2OC)c([N+](=O)[O-])cc1Nc1nccc(-n2cc(C=O)c(C)n2)n1. The number of anilines is 2. The Bertz CT molecular complexity index is 1380. The maximum Gasteiger partial charge on any atom is 0.279 e. The Hall–Kier alpha value is -4.80. The van der Waals surface area contributed by atoms with Crippen LogP contribution in [0, 0.1) is 17.0 Å². The average Bonchev–Trinajstić information content (AvgIpc) is 3.24. The monoisotopic (exact) mass is 460 g/mol. The molecule has 0 spiro atoms. The van der Waals surface area contributed by atoms with Crippen molar-refractivity contribution in [2.24, 2.45) is 0 Å². The second-order valence-electron chi connectivity index (χ2n) is 7.12. The first-order valence-corrected chi connectivity index (χ1v) is 10.1. The van der Waals surface area contributed by atoms with E-state index in [9.17, 15) is 14.9 Å². The number of nitro groups is 1. The van der Waals surface area contributed by atoms with E-state index in [1.54, 1.807) is 49.5 Å². The molecular weight excluding hydrogens is 440 g/mol. The summed E-state index contributed by atoms with van der Waals surface area (Å²) in [5.74, 6) is 1.41. The van der Waals surface area contributed by atoms with Gasteiger partial charge in [-0.15, -0.1) is 0 Å². The van der Waals surface area contributed by atoms with Crippen molar-refractivity contribution >= 4 is 23.6 Å². The summed E-state index contributed by atoms with van der Waals surface area (Å²) in [6.07, 6.45) is 3.78. The van der Waals surface area contributed by atoms with Crippen LogP contribution in [0.4, 0.5) is 17.3 Å². The molecule has 0 unspecified atom stereocenters. The first-order chi connectivity index (χ1) is 16.4. The molecule has 0 fully saturated rings. The molecule has 0 aliphatic carbocycles. The summed E-state index contributed by atoms with van der Waals surface area (Å²) in [4.78, 5) is 31.2. The highest BCUT2D eigenvalue weighted by Gasteiger charge is 2.23. The van der Waals surface area contributed by atoms with Gasteiger partial charge >= 0.3 is 0 Å². The Kier molecular flexibility index (Phi) is 6.17. The van der Waals surface area contributed by atoms with Crippen molar-refractivity contribution in [2.75, 3.05) is 19.5 Å². The molecule has 0 amide bonds. The van der Waals surface area contributed by atoms with E-state index in [1.807, 2.05) is 0 Å². The quantitative estimate of drug-likeness (QED) is 0.234. The highest BCUT2D eigenvalue weighted by molar-refractivity contribution is 5.84. The fourth-order valence-corrected chi connectivity index (χ4v) is 3.43. The zero-order valence-electron chi connectivity index (χ0n) is 18.6. The van der Waals surface area contributed by atoms with Gasteiger partial charge in [0.2, 0.25) is 5.95 Å². The number of methoxy groups -OCH3 is 2. The molecule has 2 aromatic heterocycles. The summed E-state index contributed by atoms with van der Waals surface area (Å²) >= 11 is 0. The second-order valence-corrected chi connectivity index (χ2v) is 7.12. The lowest BCUT2D eigenvalue weighted by atomic mass is 10.0. The summed E-state index contributed by atoms with van der Waals surface area (Å²) in [6.45, 7) is 1.72. The molecule has 11 heteroatoms. The van der Waals surface area contributed by atoms with E-state index in [2.05, 4.69) is 20.4 Å². The first-order valence-electron chi connectivity index (χ1n) is 10.1. The number of carbonyl (C=O) groups excluding carboxylic acids is 1. The molecule has 0 saturated carbocycles. The zero-order chi connectivity index (χ0) is 24.2. The fraction of sp³-hybridized carbons (Fsp3) is 0.130. The average molecular weight is 460 g/mol. The summed E-state index contributed by atoms with van der Waals surface area (Å²) < 4.78 is 12.3. The minimum Gasteiger partial charge on any atom is -0.496 e. The number of aromatic nitrogens is 4. The number of aldehydes is 1. The van der Waals surface area contributed by atoms with E-state index >= 15 is 0 Å². The van der Waals surface area contributed by atoms with Crippen LogP contribution in [0.15, 0.2) is 54.9 Å². The molecule has 34 heavy (non-hydrogen) atoms. The van der Waals surface area contributed by atoms with Gasteiger partial charge in [0, 0.05) is 30.1 Å². The van der Waals surface area contributed by atoms with Gasteiger partial charge in [-0.2, -0.15) is 10.1 Å². The number of hydrogen-bond donors (Lipinski definition) is 1. The van der Waals surface area contributed by atoms with Crippen LogP contribution >= 0.6 is 0 Å². The highest BCUT2D eigenvalue weighted by Crippen LogP contribution is 2.42. The van der Waals surface area contributed by atoms with Crippen molar-refractivity contribution in [3.05, 3.63) is 76.2 Å². The molecule has 4 rings (SSSR count). The molecule has 11 nitrogen and oxygen atoms in total. The van der Waals surface area contributed by atoms with Crippen LogP contribution in [0.3, 0.4) is 0 Å². The summed E-state index contributed by atoms with van der Waals surface area (Å²) in [6, 6.07) is 11.6. The third-order valence-electron chi connectivity index (χ3n) is 5.10. The fourth-order valence-electron chi connectivity index (χ4n) is 3.43. The van der Waals surface area contributed by atoms with E-state index in [-0.39, 0.29) is 11.6 Å². The number of benzene rings is 2. The maximum absolute atomic E-state index is 11.9. The Morgan fingerprint density at radius 1 is 1.09 bits per heavy atom. The molecule has 0 saturated heterocycles. The van der Waals surface area contributed by atoms with Gasteiger partial charge in [0.1, 0.15) is 11.5 Å². The number of nitro benzene ring substituents is 1. The molecule has 0 aliphatic rings.